The molecule has 0 aliphatic rings. The normalized spacial score (nSPS) is 12.6. The number of sulfone groups is 1. The molecule has 0 heterocycles. The minimum atomic E-state index is -3.58. The Hall–Kier alpha value is -1.96. The third-order valence-electron chi connectivity index (χ3n) is 3.41. The maximum atomic E-state index is 12.1. The topological polar surface area (TPSA) is 80.3 Å². The van der Waals surface area contributed by atoms with Gasteiger partial charge in [0.1, 0.15) is 0 Å². The third-order valence-corrected chi connectivity index (χ3v) is 5.31. The van der Waals surface area contributed by atoms with Gasteiger partial charge in [0, 0.05) is 18.2 Å². The van der Waals surface area contributed by atoms with E-state index < -0.39 is 19.9 Å². The lowest BCUT2D eigenvalue weighted by Crippen LogP contribution is -2.20. The summed E-state index contributed by atoms with van der Waals surface area (Å²) in [7, 11) is -6.71. The molecule has 2 aromatic carbocycles. The Morgan fingerprint density at radius 2 is 1.60 bits per heavy atom. The number of hydrogen-bond donors (Lipinski definition) is 1. The van der Waals surface area contributed by atoms with Gasteiger partial charge in [0.15, 0.2) is 9.84 Å². The zero-order valence-electron chi connectivity index (χ0n) is 14.1. The molecule has 25 heavy (non-hydrogen) atoms. The number of hydrogen-bond acceptors (Lipinski definition) is 4. The number of rotatable bonds is 7. The lowest BCUT2D eigenvalue weighted by atomic mass is 10.1. The highest BCUT2D eigenvalue weighted by atomic mass is 32.2. The highest BCUT2D eigenvalue weighted by Crippen LogP contribution is 2.10. The van der Waals surface area contributed by atoms with Crippen molar-refractivity contribution in [3.05, 3.63) is 76.2 Å². The molecule has 7 heteroatoms. The fourth-order valence-electron chi connectivity index (χ4n) is 2.21. The Morgan fingerprint density at radius 3 is 2.24 bits per heavy atom. The summed E-state index contributed by atoms with van der Waals surface area (Å²) in [6.07, 6.45) is 2.69. The number of benzene rings is 2. The first-order chi connectivity index (χ1) is 11.6. The molecule has 0 radical (unpaired) electrons. The summed E-state index contributed by atoms with van der Waals surface area (Å²) in [5.74, 6) is -0.0685. The van der Waals surface area contributed by atoms with Crippen LogP contribution in [0.2, 0.25) is 0 Å². The van der Waals surface area contributed by atoms with Crippen LogP contribution in [0.4, 0.5) is 0 Å². The van der Waals surface area contributed by atoms with E-state index >= 15 is 0 Å². The van der Waals surface area contributed by atoms with Gasteiger partial charge in [-0.3, -0.25) is 0 Å². The van der Waals surface area contributed by atoms with E-state index in [0.29, 0.717) is 11.1 Å². The predicted octanol–water partition coefficient (Wildman–Crippen LogP) is 2.63. The average molecular weight is 380 g/mol. The molecule has 0 fully saturated rings. The second-order valence-electron chi connectivity index (χ2n) is 5.97. The van der Waals surface area contributed by atoms with Crippen molar-refractivity contribution in [2.45, 2.75) is 19.2 Å². The monoisotopic (exact) mass is 379 g/mol. The molecular formula is C18H21NO4S2. The molecule has 0 aliphatic carbocycles. The number of aryl methyl sites for hydroxylation is 1. The molecule has 2 rings (SSSR count). The fourth-order valence-corrected chi connectivity index (χ4v) is 3.80. The van der Waals surface area contributed by atoms with E-state index in [2.05, 4.69) is 4.72 Å². The lowest BCUT2D eigenvalue weighted by molar-refractivity contribution is 0.590. The van der Waals surface area contributed by atoms with Gasteiger partial charge >= 0.3 is 0 Å². The molecule has 0 aromatic heterocycles. The van der Waals surface area contributed by atoms with Gasteiger partial charge in [-0.2, -0.15) is 0 Å². The molecule has 0 saturated heterocycles. The number of nitrogens with one attached hydrogen (secondary N) is 1. The van der Waals surface area contributed by atoms with Gasteiger partial charge < -0.3 is 0 Å². The first-order valence-corrected chi connectivity index (χ1v) is 11.2. The maximum absolute atomic E-state index is 12.1. The first-order valence-electron chi connectivity index (χ1n) is 7.63. The molecule has 0 bridgehead atoms. The van der Waals surface area contributed by atoms with Crippen LogP contribution in [-0.2, 0) is 32.2 Å². The van der Waals surface area contributed by atoms with Crippen LogP contribution in [0.15, 0.2) is 53.9 Å². The Balaban J connectivity index is 2.02. The van der Waals surface area contributed by atoms with Gasteiger partial charge in [-0.25, -0.2) is 21.6 Å². The zero-order chi connectivity index (χ0) is 18.5. The van der Waals surface area contributed by atoms with Crippen LogP contribution in [0, 0.1) is 6.92 Å². The molecule has 2 aromatic rings. The largest absolute Gasteiger partial charge is 0.234 e. The van der Waals surface area contributed by atoms with Crippen molar-refractivity contribution in [2.75, 3.05) is 6.26 Å². The van der Waals surface area contributed by atoms with Crippen molar-refractivity contribution in [3.8, 4) is 0 Å². The molecule has 0 atom stereocenters. The minimum Gasteiger partial charge on any atom is -0.229 e. The molecular weight excluding hydrogens is 358 g/mol. The molecule has 0 saturated carbocycles. The van der Waals surface area contributed by atoms with E-state index in [4.69, 9.17) is 0 Å². The van der Waals surface area contributed by atoms with Crippen LogP contribution < -0.4 is 4.72 Å². The van der Waals surface area contributed by atoms with Crippen LogP contribution in [-0.4, -0.2) is 23.1 Å². The van der Waals surface area contributed by atoms with Crippen molar-refractivity contribution < 1.29 is 16.8 Å². The quantitative estimate of drug-likeness (QED) is 0.802. The summed E-state index contributed by atoms with van der Waals surface area (Å²) in [5, 5.41) is 1.12. The average Bonchev–Trinajstić information content (AvgIpc) is 2.51. The standard InChI is InChI=1S/C18H21NO4S2/c1-15-6-8-16(9-7-15)10-11-25(22,23)19-13-17-4-3-5-18(12-17)14-24(2,20)21/h3-12,19H,13-14H2,1-2H3. The Kier molecular flexibility index (Phi) is 6.16. The fraction of sp³-hybridized carbons (Fsp3) is 0.222. The Bertz CT molecular complexity index is 960. The molecule has 0 spiro atoms. The summed E-state index contributed by atoms with van der Waals surface area (Å²) in [4.78, 5) is 0. The summed E-state index contributed by atoms with van der Waals surface area (Å²) >= 11 is 0. The zero-order valence-corrected chi connectivity index (χ0v) is 15.8. The van der Waals surface area contributed by atoms with E-state index in [0.717, 1.165) is 22.8 Å². The summed E-state index contributed by atoms with van der Waals surface area (Å²) in [6.45, 7) is 2.06. The van der Waals surface area contributed by atoms with Crippen LogP contribution in [0.1, 0.15) is 22.3 Å². The van der Waals surface area contributed by atoms with Crippen LogP contribution in [0.3, 0.4) is 0 Å². The number of sulfonamides is 1. The summed E-state index contributed by atoms with van der Waals surface area (Å²) in [5.41, 5.74) is 3.24. The van der Waals surface area contributed by atoms with Crippen molar-refractivity contribution >= 4 is 25.9 Å². The molecule has 0 aliphatic heterocycles. The van der Waals surface area contributed by atoms with Crippen LogP contribution >= 0.6 is 0 Å². The van der Waals surface area contributed by atoms with E-state index in [9.17, 15) is 16.8 Å². The van der Waals surface area contributed by atoms with Crippen molar-refractivity contribution in [1.82, 2.24) is 4.72 Å². The summed E-state index contributed by atoms with van der Waals surface area (Å²) < 4.78 is 49.3. The van der Waals surface area contributed by atoms with E-state index in [1.165, 1.54) is 6.08 Å². The van der Waals surface area contributed by atoms with Crippen molar-refractivity contribution in [3.63, 3.8) is 0 Å². The molecule has 1 N–H and O–H groups in total. The Morgan fingerprint density at radius 1 is 0.960 bits per heavy atom. The van der Waals surface area contributed by atoms with Gasteiger partial charge in [-0.05, 0) is 29.7 Å². The minimum absolute atomic E-state index is 0.0685. The maximum Gasteiger partial charge on any atom is 0.234 e. The summed E-state index contributed by atoms with van der Waals surface area (Å²) in [6, 6.07) is 14.4. The van der Waals surface area contributed by atoms with Crippen LogP contribution in [0.5, 0.6) is 0 Å². The highest BCUT2D eigenvalue weighted by molar-refractivity contribution is 7.92. The van der Waals surface area contributed by atoms with E-state index in [1.807, 2.05) is 31.2 Å². The van der Waals surface area contributed by atoms with Crippen molar-refractivity contribution in [1.29, 1.82) is 0 Å². The van der Waals surface area contributed by atoms with E-state index in [-0.39, 0.29) is 12.3 Å². The molecule has 0 amide bonds. The van der Waals surface area contributed by atoms with E-state index in [1.54, 1.807) is 24.3 Å². The lowest BCUT2D eigenvalue weighted by Gasteiger charge is -2.06. The van der Waals surface area contributed by atoms with Crippen LogP contribution in [0.25, 0.3) is 6.08 Å². The molecule has 134 valence electrons. The van der Waals surface area contributed by atoms with Gasteiger partial charge in [0.2, 0.25) is 10.0 Å². The van der Waals surface area contributed by atoms with Gasteiger partial charge in [-0.1, -0.05) is 54.1 Å². The smallest absolute Gasteiger partial charge is 0.229 e. The molecule has 0 unspecified atom stereocenters. The highest BCUT2D eigenvalue weighted by Gasteiger charge is 2.08. The second-order valence-corrected chi connectivity index (χ2v) is 9.76. The SMILES string of the molecule is Cc1ccc(C=CS(=O)(=O)NCc2cccc(CS(C)(=O)=O)c2)cc1. The second kappa shape index (κ2) is 7.95. The first kappa shape index (κ1) is 19.4. The molecule has 5 nitrogen and oxygen atoms in total. The van der Waals surface area contributed by atoms with Gasteiger partial charge in [0.25, 0.3) is 0 Å². The third kappa shape index (κ3) is 7.21. The predicted molar refractivity (Wildman–Crippen MR) is 101 cm³/mol. The van der Waals surface area contributed by atoms with Gasteiger partial charge in [0.05, 0.1) is 5.75 Å². The van der Waals surface area contributed by atoms with Gasteiger partial charge in [-0.15, -0.1) is 0 Å². The Labute approximate surface area is 149 Å². The van der Waals surface area contributed by atoms with Crippen molar-refractivity contribution in [2.24, 2.45) is 0 Å².